The molecule has 0 amide bonds. The highest BCUT2D eigenvalue weighted by Crippen LogP contribution is 2.33. The van der Waals surface area contributed by atoms with Crippen molar-refractivity contribution in [1.82, 2.24) is 0 Å². The third-order valence-corrected chi connectivity index (χ3v) is 3.44. The summed E-state index contributed by atoms with van der Waals surface area (Å²) >= 11 is 11.5. The maximum atomic E-state index is 10.9. The van der Waals surface area contributed by atoms with Gasteiger partial charge in [0.05, 0.1) is 15.0 Å². The Morgan fingerprint density at radius 2 is 2.00 bits per heavy atom. The zero-order chi connectivity index (χ0) is 13.0. The molecule has 0 aromatic heterocycles. The third kappa shape index (κ3) is 4.14. The first-order valence-corrected chi connectivity index (χ1v) is 7.07. The van der Waals surface area contributed by atoms with Crippen molar-refractivity contribution in [2.75, 3.05) is 23.9 Å². The molecular weight excluding hydrogens is 287 g/mol. The molecule has 17 heavy (non-hydrogen) atoms. The Morgan fingerprint density at radius 3 is 2.53 bits per heavy atom. The van der Waals surface area contributed by atoms with E-state index in [-0.39, 0.29) is 21.4 Å². The highest BCUT2D eigenvalue weighted by molar-refractivity contribution is 7.84. The minimum absolute atomic E-state index is 0.128. The minimum atomic E-state index is -0.958. The third-order valence-electron chi connectivity index (χ3n) is 1.94. The fourth-order valence-electron chi connectivity index (χ4n) is 1.16. The van der Waals surface area contributed by atoms with Gasteiger partial charge in [-0.25, -0.2) is 0 Å². The summed E-state index contributed by atoms with van der Waals surface area (Å²) in [7, 11) is -0.958. The minimum Gasteiger partial charge on any atom is -0.379 e. The monoisotopic (exact) mass is 296 g/mol. The summed E-state index contributed by atoms with van der Waals surface area (Å²) in [5.74, 6) is 0.400. The predicted molar refractivity (Wildman–Crippen MR) is 70.5 cm³/mol. The zero-order valence-electron chi connectivity index (χ0n) is 8.91. The van der Waals surface area contributed by atoms with Crippen molar-refractivity contribution in [3.05, 3.63) is 32.3 Å². The topological polar surface area (TPSA) is 72.2 Å². The van der Waals surface area contributed by atoms with Gasteiger partial charge in [-0.15, -0.1) is 0 Å². The fraction of sp³-hybridized carbons (Fsp3) is 0.333. The van der Waals surface area contributed by atoms with Crippen LogP contribution in [0.4, 0.5) is 11.4 Å². The van der Waals surface area contributed by atoms with Gasteiger partial charge in [0.1, 0.15) is 5.69 Å². The summed E-state index contributed by atoms with van der Waals surface area (Å²) in [6.45, 7) is 0.363. The second-order valence-electron chi connectivity index (χ2n) is 3.24. The molecule has 0 aliphatic carbocycles. The predicted octanol–water partition coefficient (Wildman–Crippen LogP) is 2.69. The molecule has 94 valence electrons. The van der Waals surface area contributed by atoms with E-state index < -0.39 is 15.7 Å². The summed E-state index contributed by atoms with van der Waals surface area (Å²) in [6.07, 6.45) is 1.56. The summed E-state index contributed by atoms with van der Waals surface area (Å²) in [5, 5.41) is 14.0. The number of nitro groups is 1. The van der Waals surface area contributed by atoms with E-state index in [0.717, 1.165) is 0 Å². The molecule has 0 saturated heterocycles. The van der Waals surface area contributed by atoms with Crippen molar-refractivity contribution in [1.29, 1.82) is 0 Å². The molecule has 0 spiro atoms. The van der Waals surface area contributed by atoms with Gasteiger partial charge in [-0.3, -0.25) is 14.3 Å². The van der Waals surface area contributed by atoms with E-state index >= 15 is 0 Å². The number of anilines is 1. The number of nitrogens with one attached hydrogen (secondary N) is 1. The van der Waals surface area contributed by atoms with E-state index in [0.29, 0.717) is 12.3 Å². The van der Waals surface area contributed by atoms with Crippen molar-refractivity contribution < 1.29 is 9.13 Å². The van der Waals surface area contributed by atoms with Gasteiger partial charge in [0.2, 0.25) is 0 Å². The molecule has 0 bridgehead atoms. The maximum Gasteiger partial charge on any atom is 0.293 e. The summed E-state index contributed by atoms with van der Waals surface area (Å²) in [6, 6.07) is 2.58. The Hall–Kier alpha value is -0.850. The second-order valence-corrected chi connectivity index (χ2v) is 5.61. The van der Waals surface area contributed by atoms with Crippen LogP contribution in [0.3, 0.4) is 0 Å². The molecule has 0 aliphatic heterocycles. The normalized spacial score (nSPS) is 12.2. The summed E-state index contributed by atoms with van der Waals surface area (Å²) in [5.41, 5.74) is 0.121. The van der Waals surface area contributed by atoms with Gasteiger partial charge < -0.3 is 5.32 Å². The van der Waals surface area contributed by atoms with Gasteiger partial charge in [-0.2, -0.15) is 0 Å². The number of nitro benzene ring substituents is 1. The Balaban J connectivity index is 2.92. The number of hydrogen-bond donors (Lipinski definition) is 1. The first-order valence-electron chi connectivity index (χ1n) is 4.59. The lowest BCUT2D eigenvalue weighted by Gasteiger charge is -2.07. The average Bonchev–Trinajstić information content (AvgIpc) is 2.22. The van der Waals surface area contributed by atoms with Crippen LogP contribution in [0.1, 0.15) is 0 Å². The molecule has 1 unspecified atom stereocenters. The van der Waals surface area contributed by atoms with E-state index in [9.17, 15) is 14.3 Å². The number of rotatable bonds is 5. The van der Waals surface area contributed by atoms with Gasteiger partial charge in [-0.05, 0) is 6.07 Å². The van der Waals surface area contributed by atoms with E-state index in [4.69, 9.17) is 23.2 Å². The molecule has 0 radical (unpaired) electrons. The Morgan fingerprint density at radius 1 is 1.41 bits per heavy atom. The first-order chi connectivity index (χ1) is 7.91. The van der Waals surface area contributed by atoms with Crippen molar-refractivity contribution in [3.63, 3.8) is 0 Å². The lowest BCUT2D eigenvalue weighted by atomic mass is 10.2. The molecule has 0 aliphatic rings. The van der Waals surface area contributed by atoms with Crippen LogP contribution < -0.4 is 5.32 Å². The number of nitrogens with zero attached hydrogens (tertiary/aromatic N) is 1. The van der Waals surface area contributed by atoms with Crippen LogP contribution in [-0.2, 0) is 10.8 Å². The number of halogens is 2. The van der Waals surface area contributed by atoms with E-state index in [2.05, 4.69) is 5.32 Å². The smallest absolute Gasteiger partial charge is 0.293 e. The van der Waals surface area contributed by atoms with Crippen molar-refractivity contribution >= 4 is 45.4 Å². The van der Waals surface area contributed by atoms with Gasteiger partial charge >= 0.3 is 0 Å². The lowest BCUT2D eigenvalue weighted by Crippen LogP contribution is -2.11. The van der Waals surface area contributed by atoms with Gasteiger partial charge in [0, 0.05) is 35.4 Å². The SMILES string of the molecule is CS(=O)CCNc1cc(Cl)c(Cl)cc1[N+](=O)[O-]. The molecule has 5 nitrogen and oxygen atoms in total. The number of hydrogen-bond acceptors (Lipinski definition) is 4. The highest BCUT2D eigenvalue weighted by atomic mass is 35.5. The molecule has 1 rings (SSSR count). The van der Waals surface area contributed by atoms with E-state index in [1.807, 2.05) is 0 Å². The Kier molecular flexibility index (Phi) is 5.17. The summed E-state index contributed by atoms with van der Waals surface area (Å²) < 4.78 is 10.9. The van der Waals surface area contributed by atoms with Crippen LogP contribution in [0.15, 0.2) is 12.1 Å². The van der Waals surface area contributed by atoms with Gasteiger partial charge in [0.15, 0.2) is 0 Å². The van der Waals surface area contributed by atoms with Crippen LogP contribution >= 0.6 is 23.2 Å². The molecule has 0 saturated carbocycles. The quantitative estimate of drug-likeness (QED) is 0.670. The largest absolute Gasteiger partial charge is 0.379 e. The van der Waals surface area contributed by atoms with Crippen LogP contribution in [-0.4, -0.2) is 27.7 Å². The Labute approximate surface area is 111 Å². The van der Waals surface area contributed by atoms with Crippen LogP contribution in [0.2, 0.25) is 10.0 Å². The van der Waals surface area contributed by atoms with Crippen molar-refractivity contribution in [2.45, 2.75) is 0 Å². The molecular formula is C9H10Cl2N2O3S. The zero-order valence-corrected chi connectivity index (χ0v) is 11.2. The molecule has 0 fully saturated rings. The molecule has 0 heterocycles. The average molecular weight is 297 g/mol. The highest BCUT2D eigenvalue weighted by Gasteiger charge is 2.16. The second kappa shape index (κ2) is 6.18. The first kappa shape index (κ1) is 14.2. The fourth-order valence-corrected chi connectivity index (χ4v) is 1.87. The summed E-state index contributed by atoms with van der Waals surface area (Å²) in [4.78, 5) is 10.2. The molecule has 1 N–H and O–H groups in total. The molecule has 1 aromatic rings. The van der Waals surface area contributed by atoms with Crippen LogP contribution in [0.5, 0.6) is 0 Å². The van der Waals surface area contributed by atoms with Gasteiger partial charge in [0.25, 0.3) is 5.69 Å². The standard InChI is InChI=1S/C9H10Cl2N2O3S/c1-17(16)3-2-12-8-4-6(10)7(11)5-9(8)13(14)15/h4-5,12H,2-3H2,1H3. The van der Waals surface area contributed by atoms with Crippen molar-refractivity contribution in [3.8, 4) is 0 Å². The number of benzene rings is 1. The van der Waals surface area contributed by atoms with E-state index in [1.165, 1.54) is 12.1 Å². The van der Waals surface area contributed by atoms with Crippen LogP contribution in [0, 0.1) is 10.1 Å². The molecule has 1 aromatic carbocycles. The molecule has 1 atom stereocenters. The van der Waals surface area contributed by atoms with E-state index in [1.54, 1.807) is 6.26 Å². The van der Waals surface area contributed by atoms with Crippen LogP contribution in [0.25, 0.3) is 0 Å². The van der Waals surface area contributed by atoms with Gasteiger partial charge in [-0.1, -0.05) is 23.2 Å². The lowest BCUT2D eigenvalue weighted by molar-refractivity contribution is -0.383. The maximum absolute atomic E-state index is 10.9. The van der Waals surface area contributed by atoms with Crippen molar-refractivity contribution in [2.24, 2.45) is 0 Å². The Bertz CT molecular complexity index is 468. The molecule has 8 heteroatoms.